The van der Waals surface area contributed by atoms with Crippen LogP contribution in [0.5, 0.6) is 0 Å². The molecule has 0 spiro atoms. The molecule has 6 nitrogen and oxygen atoms in total. The van der Waals surface area contributed by atoms with Gasteiger partial charge in [0.1, 0.15) is 6.04 Å². The summed E-state index contributed by atoms with van der Waals surface area (Å²) in [5, 5.41) is 4.55. The van der Waals surface area contributed by atoms with Gasteiger partial charge < -0.3 is 20.7 Å². The summed E-state index contributed by atoms with van der Waals surface area (Å²) in [5.74, 6) is -0.351. The Hall–Kier alpha value is -2.60. The number of benzene rings is 2. The van der Waals surface area contributed by atoms with E-state index in [9.17, 15) is 9.59 Å². The van der Waals surface area contributed by atoms with E-state index in [0.29, 0.717) is 24.3 Å². The van der Waals surface area contributed by atoms with Gasteiger partial charge in [-0.25, -0.2) is 0 Å². The molecule has 0 radical (unpaired) electrons. The molecule has 1 saturated heterocycles. The van der Waals surface area contributed by atoms with Gasteiger partial charge in [0.2, 0.25) is 5.91 Å². The van der Waals surface area contributed by atoms with Crippen LogP contribution in [-0.4, -0.2) is 48.1 Å². The van der Waals surface area contributed by atoms with E-state index in [-0.39, 0.29) is 24.0 Å². The number of ether oxygens (including phenoxy) is 1. The molecule has 2 aromatic rings. The summed E-state index contributed by atoms with van der Waals surface area (Å²) in [6.07, 6.45) is 0. The maximum absolute atomic E-state index is 13.2. The Kier molecular flexibility index (Phi) is 4.87. The fourth-order valence-corrected chi connectivity index (χ4v) is 3.10. The van der Waals surface area contributed by atoms with Crippen LogP contribution in [0.15, 0.2) is 36.4 Å². The smallest absolute Gasteiger partial charge is 0.255 e. The first-order valence-electron chi connectivity index (χ1n) is 8.77. The van der Waals surface area contributed by atoms with Crippen LogP contribution in [0.3, 0.4) is 0 Å². The van der Waals surface area contributed by atoms with Gasteiger partial charge in [-0.2, -0.15) is 0 Å². The molecule has 0 aromatic heterocycles. The molecule has 0 unspecified atom stereocenters. The van der Waals surface area contributed by atoms with Gasteiger partial charge in [-0.05, 0) is 49.7 Å². The highest BCUT2D eigenvalue weighted by Crippen LogP contribution is 2.24. The first-order valence-corrected chi connectivity index (χ1v) is 8.77. The number of rotatable bonds is 3. The fraction of sp³-hybridized carbons (Fsp3) is 0.400. The zero-order valence-corrected chi connectivity index (χ0v) is 15.4. The van der Waals surface area contributed by atoms with E-state index in [4.69, 9.17) is 10.5 Å². The first kappa shape index (κ1) is 18.2. The van der Waals surface area contributed by atoms with Gasteiger partial charge in [0.15, 0.2) is 0 Å². The number of amides is 2. The van der Waals surface area contributed by atoms with Crippen molar-refractivity contribution in [3.05, 3.63) is 42.0 Å². The van der Waals surface area contributed by atoms with E-state index >= 15 is 0 Å². The van der Waals surface area contributed by atoms with Crippen molar-refractivity contribution < 1.29 is 14.3 Å². The normalized spacial score (nSPS) is 18.0. The molecule has 1 atom stereocenters. The highest BCUT2D eigenvalue weighted by Gasteiger charge is 2.35. The average Bonchev–Trinajstić information content (AvgIpc) is 2.58. The van der Waals surface area contributed by atoms with Gasteiger partial charge in [0.05, 0.1) is 12.2 Å². The van der Waals surface area contributed by atoms with Gasteiger partial charge in [-0.1, -0.05) is 18.2 Å². The lowest BCUT2D eigenvalue weighted by Crippen LogP contribution is -2.59. The summed E-state index contributed by atoms with van der Waals surface area (Å²) < 4.78 is 5.79. The van der Waals surface area contributed by atoms with Gasteiger partial charge in [0.25, 0.3) is 5.91 Å². The number of nitrogen functional groups attached to an aromatic ring is 1. The van der Waals surface area contributed by atoms with Crippen molar-refractivity contribution in [3.63, 3.8) is 0 Å². The number of carbonyl (C=O) groups excluding carboxylic acids is 2. The zero-order valence-electron chi connectivity index (χ0n) is 15.4. The Balaban J connectivity index is 1.93. The number of fused-ring (bicyclic) bond motifs is 1. The lowest BCUT2D eigenvalue weighted by Gasteiger charge is -2.36. The Morgan fingerprint density at radius 3 is 2.81 bits per heavy atom. The van der Waals surface area contributed by atoms with Crippen LogP contribution in [0.4, 0.5) is 5.69 Å². The van der Waals surface area contributed by atoms with Crippen molar-refractivity contribution in [2.75, 3.05) is 25.4 Å². The molecule has 0 bridgehead atoms. The minimum Gasteiger partial charge on any atom is -0.399 e. The van der Waals surface area contributed by atoms with Crippen molar-refractivity contribution in [2.45, 2.75) is 32.4 Å². The summed E-state index contributed by atoms with van der Waals surface area (Å²) in [5.41, 5.74) is 6.68. The van der Waals surface area contributed by atoms with Crippen molar-refractivity contribution in [2.24, 2.45) is 0 Å². The number of hydrogen-bond acceptors (Lipinski definition) is 4. The maximum atomic E-state index is 13.2. The molecule has 1 heterocycles. The molecular weight excluding hydrogens is 330 g/mol. The van der Waals surface area contributed by atoms with Gasteiger partial charge in [0, 0.05) is 24.3 Å². The van der Waals surface area contributed by atoms with E-state index in [1.165, 1.54) is 0 Å². The molecule has 3 rings (SSSR count). The van der Waals surface area contributed by atoms with Gasteiger partial charge in [-0.15, -0.1) is 0 Å². The number of anilines is 1. The summed E-state index contributed by atoms with van der Waals surface area (Å²) in [4.78, 5) is 27.2. The summed E-state index contributed by atoms with van der Waals surface area (Å²) >= 11 is 0. The van der Waals surface area contributed by atoms with Gasteiger partial charge in [-0.3, -0.25) is 9.59 Å². The fourth-order valence-electron chi connectivity index (χ4n) is 3.10. The van der Waals surface area contributed by atoms with E-state index < -0.39 is 6.04 Å². The molecule has 3 N–H and O–H groups in total. The highest BCUT2D eigenvalue weighted by atomic mass is 16.5. The molecule has 1 fully saturated rings. The molecule has 138 valence electrons. The second-order valence-corrected chi connectivity index (χ2v) is 7.51. The predicted octanol–water partition coefficient (Wildman–Crippen LogP) is 2.18. The van der Waals surface area contributed by atoms with E-state index in [0.717, 1.165) is 10.8 Å². The summed E-state index contributed by atoms with van der Waals surface area (Å²) in [7, 11) is 0. The molecule has 2 amide bonds. The van der Waals surface area contributed by atoms with Crippen LogP contribution in [0.2, 0.25) is 0 Å². The summed E-state index contributed by atoms with van der Waals surface area (Å²) in [6, 6.07) is 10.4. The number of carbonyl (C=O) groups is 2. The largest absolute Gasteiger partial charge is 0.399 e. The second-order valence-electron chi connectivity index (χ2n) is 7.51. The Morgan fingerprint density at radius 1 is 1.31 bits per heavy atom. The summed E-state index contributed by atoms with van der Waals surface area (Å²) in [6.45, 7) is 6.83. The third-order valence-electron chi connectivity index (χ3n) is 4.40. The average molecular weight is 355 g/mol. The molecule has 1 aliphatic heterocycles. The van der Waals surface area contributed by atoms with Crippen LogP contribution in [-0.2, 0) is 9.53 Å². The minimum atomic E-state index is -0.639. The maximum Gasteiger partial charge on any atom is 0.255 e. The number of nitrogens with one attached hydrogen (secondary N) is 1. The molecule has 26 heavy (non-hydrogen) atoms. The number of nitrogens with zero attached hydrogens (tertiary/aromatic N) is 1. The van der Waals surface area contributed by atoms with Crippen LogP contribution < -0.4 is 11.1 Å². The lowest BCUT2D eigenvalue weighted by molar-refractivity contribution is -0.132. The zero-order chi connectivity index (χ0) is 18.9. The molecule has 1 aliphatic rings. The monoisotopic (exact) mass is 355 g/mol. The minimum absolute atomic E-state index is 0.165. The van der Waals surface area contributed by atoms with E-state index in [2.05, 4.69) is 5.32 Å². The molecule has 2 aromatic carbocycles. The van der Waals surface area contributed by atoms with Crippen LogP contribution >= 0.6 is 0 Å². The molecule has 6 heteroatoms. The highest BCUT2D eigenvalue weighted by molar-refractivity contribution is 6.08. The van der Waals surface area contributed by atoms with Crippen molar-refractivity contribution in [1.29, 1.82) is 0 Å². The predicted molar refractivity (Wildman–Crippen MR) is 102 cm³/mol. The van der Waals surface area contributed by atoms with Crippen LogP contribution in [0, 0.1) is 0 Å². The van der Waals surface area contributed by atoms with E-state index in [1.54, 1.807) is 17.0 Å². The Labute approximate surface area is 153 Å². The molecule has 0 aliphatic carbocycles. The Bertz CT molecular complexity index is 842. The van der Waals surface area contributed by atoms with Crippen LogP contribution in [0.25, 0.3) is 10.8 Å². The number of hydrogen-bond donors (Lipinski definition) is 2. The second kappa shape index (κ2) is 6.96. The standard InChI is InChI=1S/C20H25N3O3/c1-20(2,3)26-12-17-18(24)22-9-10-23(17)19(25)16-6-4-5-13-11-14(21)7-8-15(13)16/h4-8,11,17H,9-10,12,21H2,1-3H3,(H,22,24)/t17-/m0/s1. The molecular formula is C20H25N3O3. The first-order chi connectivity index (χ1) is 12.3. The van der Waals surface area contributed by atoms with Crippen molar-refractivity contribution >= 4 is 28.3 Å². The van der Waals surface area contributed by atoms with Crippen molar-refractivity contribution in [3.8, 4) is 0 Å². The molecule has 0 saturated carbocycles. The number of nitrogens with two attached hydrogens (primary N) is 1. The third-order valence-corrected chi connectivity index (χ3v) is 4.40. The number of piperazine rings is 1. The Morgan fingerprint density at radius 2 is 2.08 bits per heavy atom. The topological polar surface area (TPSA) is 84.7 Å². The van der Waals surface area contributed by atoms with Crippen LogP contribution in [0.1, 0.15) is 31.1 Å². The van der Waals surface area contributed by atoms with Gasteiger partial charge >= 0.3 is 0 Å². The lowest BCUT2D eigenvalue weighted by atomic mass is 10.0. The quantitative estimate of drug-likeness (QED) is 0.827. The third kappa shape index (κ3) is 3.80. The van der Waals surface area contributed by atoms with E-state index in [1.807, 2.05) is 45.0 Å². The van der Waals surface area contributed by atoms with Crippen molar-refractivity contribution in [1.82, 2.24) is 10.2 Å². The SMILES string of the molecule is CC(C)(C)OC[C@H]1C(=O)NCCN1C(=O)c1cccc2cc(N)ccc12.